The van der Waals surface area contributed by atoms with Gasteiger partial charge in [0.15, 0.2) is 0 Å². The first kappa shape index (κ1) is 9.75. The molecule has 6 heavy (non-hydrogen) atoms. The normalized spacial score (nSPS) is 10.0. The summed E-state index contributed by atoms with van der Waals surface area (Å²) < 4.78 is 10.5. The second-order valence-electron chi connectivity index (χ2n) is 0.554. The van der Waals surface area contributed by atoms with Crippen LogP contribution in [0.3, 0.4) is 0 Å². The first-order valence-electron chi connectivity index (χ1n) is 0.860. The van der Waals surface area contributed by atoms with Gasteiger partial charge in [-0.05, 0) is 0 Å². The zero-order valence-corrected chi connectivity index (χ0v) is 4.95. The fraction of sp³-hybridized carbons (Fsp3) is 0. The van der Waals surface area contributed by atoms with Crippen LogP contribution in [0.1, 0.15) is 0 Å². The SMILES string of the molecule is O[Si](O)(O)F.[Al]. The summed E-state index contributed by atoms with van der Waals surface area (Å²) in [5.74, 6) is 0. The van der Waals surface area contributed by atoms with Crippen LogP contribution in [0.25, 0.3) is 0 Å². The lowest BCUT2D eigenvalue weighted by atomic mass is 15.8. The molecule has 0 aliphatic carbocycles. The Morgan fingerprint density at radius 2 is 1.17 bits per heavy atom. The third kappa shape index (κ3) is 185. The van der Waals surface area contributed by atoms with Crippen LogP contribution in [0, 0.1) is 0 Å². The van der Waals surface area contributed by atoms with Crippen molar-refractivity contribution in [1.82, 2.24) is 0 Å². The highest BCUT2D eigenvalue weighted by Crippen LogP contribution is 1.79. The van der Waals surface area contributed by atoms with Gasteiger partial charge in [-0.25, -0.2) is 4.11 Å². The molecule has 0 aliphatic heterocycles. The lowest BCUT2D eigenvalue weighted by molar-refractivity contribution is 0.165. The Balaban J connectivity index is 0. The molecular formula is H3AlFO3Si. The van der Waals surface area contributed by atoms with Crippen LogP contribution in [-0.2, 0) is 0 Å². The third-order valence-electron chi connectivity index (χ3n) is 0. The van der Waals surface area contributed by atoms with Crippen molar-refractivity contribution in [2.75, 3.05) is 0 Å². The van der Waals surface area contributed by atoms with E-state index in [1.807, 2.05) is 0 Å². The molecule has 3 radical (unpaired) electrons. The molecule has 0 spiro atoms. The van der Waals surface area contributed by atoms with Gasteiger partial charge >= 0.3 is 9.14 Å². The van der Waals surface area contributed by atoms with Crippen molar-refractivity contribution in [1.29, 1.82) is 0 Å². The molecular weight excluding hydrogens is 122 g/mol. The minimum atomic E-state index is -5.11. The van der Waals surface area contributed by atoms with Gasteiger partial charge < -0.3 is 14.4 Å². The summed E-state index contributed by atoms with van der Waals surface area (Å²) in [6, 6.07) is 0. The first-order chi connectivity index (χ1) is 2.00. The summed E-state index contributed by atoms with van der Waals surface area (Å²) in [6.45, 7) is 0. The van der Waals surface area contributed by atoms with Crippen LogP contribution in [0.4, 0.5) is 4.11 Å². The predicted octanol–water partition coefficient (Wildman–Crippen LogP) is -2.01. The summed E-state index contributed by atoms with van der Waals surface area (Å²) in [7, 11) is -5.11. The van der Waals surface area contributed by atoms with E-state index in [1.165, 1.54) is 0 Å². The van der Waals surface area contributed by atoms with Crippen molar-refractivity contribution < 1.29 is 18.5 Å². The van der Waals surface area contributed by atoms with E-state index in [0.717, 1.165) is 0 Å². The van der Waals surface area contributed by atoms with Crippen LogP contribution in [-0.4, -0.2) is 40.9 Å². The van der Waals surface area contributed by atoms with Gasteiger partial charge in [-0.1, -0.05) is 0 Å². The van der Waals surface area contributed by atoms with E-state index in [1.54, 1.807) is 0 Å². The maximum Gasteiger partial charge on any atom is 0.711 e. The van der Waals surface area contributed by atoms with Gasteiger partial charge in [0.1, 0.15) is 0 Å². The molecule has 0 rings (SSSR count). The molecule has 0 aromatic carbocycles. The summed E-state index contributed by atoms with van der Waals surface area (Å²) >= 11 is 0. The van der Waals surface area contributed by atoms with E-state index in [4.69, 9.17) is 14.4 Å². The molecule has 6 heteroatoms. The van der Waals surface area contributed by atoms with Gasteiger partial charge in [-0.2, -0.15) is 0 Å². The lowest BCUT2D eigenvalue weighted by Gasteiger charge is -1.87. The summed E-state index contributed by atoms with van der Waals surface area (Å²) in [5, 5.41) is 0. The van der Waals surface area contributed by atoms with E-state index in [2.05, 4.69) is 0 Å². The van der Waals surface area contributed by atoms with Crippen molar-refractivity contribution in [3.63, 3.8) is 0 Å². The molecule has 0 bridgehead atoms. The van der Waals surface area contributed by atoms with Gasteiger partial charge in [0.2, 0.25) is 0 Å². The van der Waals surface area contributed by atoms with E-state index in [-0.39, 0.29) is 17.4 Å². The van der Waals surface area contributed by atoms with Crippen LogP contribution in [0.2, 0.25) is 0 Å². The number of hydrogen-bond acceptors (Lipinski definition) is 3. The number of hydrogen-bond donors (Lipinski definition) is 3. The average Bonchev–Trinajstić information content (AvgIpc) is 0.722. The predicted molar refractivity (Wildman–Crippen MR) is 19.3 cm³/mol. The Kier molecular flexibility index (Phi) is 4.37. The minimum absolute atomic E-state index is 0. The van der Waals surface area contributed by atoms with E-state index in [0.29, 0.717) is 0 Å². The van der Waals surface area contributed by atoms with Gasteiger partial charge in [-0.3, -0.25) is 0 Å². The van der Waals surface area contributed by atoms with Crippen LogP contribution in [0.5, 0.6) is 0 Å². The Labute approximate surface area is 45.7 Å². The van der Waals surface area contributed by atoms with Crippen molar-refractivity contribution in [2.24, 2.45) is 0 Å². The fourth-order valence-corrected chi connectivity index (χ4v) is 0. The number of rotatable bonds is 0. The quantitative estimate of drug-likeness (QED) is 0.259. The van der Waals surface area contributed by atoms with Gasteiger partial charge in [-0.15, -0.1) is 0 Å². The summed E-state index contributed by atoms with van der Waals surface area (Å²) in [5.41, 5.74) is 0. The Morgan fingerprint density at radius 3 is 1.17 bits per heavy atom. The Bertz CT molecular complexity index is 26.3. The standard InChI is InChI=1S/Al.FH3O3Si/c;1-5(2,3)4/h;2-4H. The highest BCUT2D eigenvalue weighted by atomic mass is 28.4. The van der Waals surface area contributed by atoms with Crippen molar-refractivity contribution in [3.8, 4) is 0 Å². The van der Waals surface area contributed by atoms with Crippen molar-refractivity contribution >= 4 is 26.5 Å². The van der Waals surface area contributed by atoms with Crippen LogP contribution in [0.15, 0.2) is 0 Å². The molecule has 0 unspecified atom stereocenters. The smallest absolute Gasteiger partial charge is 0.365 e. The van der Waals surface area contributed by atoms with Gasteiger partial charge in [0, 0.05) is 17.4 Å². The largest absolute Gasteiger partial charge is 0.711 e. The molecule has 0 heterocycles. The number of halogens is 1. The van der Waals surface area contributed by atoms with Crippen molar-refractivity contribution in [3.05, 3.63) is 0 Å². The Hall–Kier alpha value is 0.559. The summed E-state index contributed by atoms with van der Waals surface area (Å²) in [6.07, 6.45) is 0. The molecule has 0 aromatic rings. The van der Waals surface area contributed by atoms with Crippen LogP contribution >= 0.6 is 0 Å². The maximum absolute atomic E-state index is 10.5. The molecule has 0 fully saturated rings. The third-order valence-corrected chi connectivity index (χ3v) is 0. The van der Waals surface area contributed by atoms with Gasteiger partial charge in [0.05, 0.1) is 0 Å². The lowest BCUT2D eigenvalue weighted by Crippen LogP contribution is -2.27. The van der Waals surface area contributed by atoms with E-state index in [9.17, 15) is 4.11 Å². The highest BCUT2D eigenvalue weighted by molar-refractivity contribution is 6.47. The van der Waals surface area contributed by atoms with Crippen LogP contribution < -0.4 is 0 Å². The molecule has 0 saturated heterocycles. The fourth-order valence-electron chi connectivity index (χ4n) is 0. The second-order valence-corrected chi connectivity index (χ2v) is 1.66. The molecule has 0 saturated carbocycles. The Morgan fingerprint density at radius 1 is 1.17 bits per heavy atom. The molecule has 0 amide bonds. The highest BCUT2D eigenvalue weighted by Gasteiger charge is 2.26. The average molecular weight is 125 g/mol. The maximum atomic E-state index is 10.5. The van der Waals surface area contributed by atoms with Crippen molar-refractivity contribution in [2.45, 2.75) is 0 Å². The monoisotopic (exact) mass is 125 g/mol. The molecule has 3 N–H and O–H groups in total. The zero-order chi connectivity index (χ0) is 4.50. The van der Waals surface area contributed by atoms with Gasteiger partial charge in [0.25, 0.3) is 0 Å². The minimum Gasteiger partial charge on any atom is -0.365 e. The second kappa shape index (κ2) is 2.69. The molecule has 0 atom stereocenters. The first-order valence-corrected chi connectivity index (χ1v) is 2.58. The topological polar surface area (TPSA) is 60.7 Å². The molecule has 35 valence electrons. The zero-order valence-electron chi connectivity index (χ0n) is 2.80. The molecule has 0 aliphatic rings. The molecule has 3 nitrogen and oxygen atoms in total. The van der Waals surface area contributed by atoms with E-state index >= 15 is 0 Å². The molecule has 0 aromatic heterocycles. The summed E-state index contributed by atoms with van der Waals surface area (Å²) in [4.78, 5) is 21.3. The van der Waals surface area contributed by atoms with E-state index < -0.39 is 9.14 Å².